The summed E-state index contributed by atoms with van der Waals surface area (Å²) in [5, 5.41) is 0. The summed E-state index contributed by atoms with van der Waals surface area (Å²) < 4.78 is 0. The van der Waals surface area contributed by atoms with Gasteiger partial charge in [0.25, 0.3) is 0 Å². The van der Waals surface area contributed by atoms with Gasteiger partial charge in [0.1, 0.15) is 0 Å². The minimum Gasteiger partial charge on any atom is -0.211 e. The molecule has 2 aromatic rings. The van der Waals surface area contributed by atoms with Crippen molar-refractivity contribution in [3.05, 3.63) is 59.7 Å². The molecule has 0 aromatic heterocycles. The minimum absolute atomic E-state index is 0. The molecule has 3 heteroatoms. The molecule has 0 aliphatic rings. The second-order valence-electron chi connectivity index (χ2n) is 3.50. The molecule has 0 atom stereocenters. The Bertz CT molecular complexity index is 269. The molecule has 0 spiro atoms. The Morgan fingerprint density at radius 1 is 0.882 bits per heavy atom. The van der Waals surface area contributed by atoms with Crippen LogP contribution in [0.5, 0.6) is 0 Å². The topological polar surface area (TPSA) is 0 Å². The average molecular weight is 343 g/mol. The molecule has 0 nitrogen and oxygen atoms in total. The summed E-state index contributed by atoms with van der Waals surface area (Å²) in [5.41, 5.74) is 2.69. The Kier molecular flexibility index (Phi) is 21.6. The Morgan fingerprint density at radius 3 is 1.24 bits per heavy atom. The fraction of sp³-hybridized carbons (Fsp3) is 0.286. The molecule has 0 saturated heterocycles. The number of hydrogen-bond acceptors (Lipinski definition) is 0. The molecule has 0 heterocycles. The largest absolute Gasteiger partial charge is 0.211 e. The van der Waals surface area contributed by atoms with E-state index in [4.69, 9.17) is 0 Å². The van der Waals surface area contributed by atoms with E-state index in [2.05, 4.69) is 51.2 Å². The van der Waals surface area contributed by atoms with E-state index in [1.54, 1.807) is 0 Å². The van der Waals surface area contributed by atoms with Crippen molar-refractivity contribution < 1.29 is 32.7 Å². The predicted octanol–water partition coefficient (Wildman–Crippen LogP) is 4.37. The van der Waals surface area contributed by atoms with Crippen molar-refractivity contribution >= 4 is 21.9 Å². The molecule has 0 aliphatic carbocycles. The van der Waals surface area contributed by atoms with E-state index in [1.165, 1.54) is 11.1 Å². The summed E-state index contributed by atoms with van der Waals surface area (Å²) in [6.45, 7) is 8.58. The predicted molar refractivity (Wildman–Crippen MR) is 79.7 cm³/mol. The van der Waals surface area contributed by atoms with Crippen LogP contribution in [0.1, 0.15) is 11.1 Å². The summed E-state index contributed by atoms with van der Waals surface area (Å²) in [6, 6.07) is 16.5. The van der Waals surface area contributed by atoms with E-state index in [0.717, 1.165) is 9.52 Å². The summed E-state index contributed by atoms with van der Waals surface area (Å²) in [6.07, 6.45) is 0. The normalized spacial score (nSPS) is 7.29. The van der Waals surface area contributed by atoms with E-state index in [9.17, 15) is 0 Å². The average Bonchev–Trinajstić information content (AvgIpc) is 2.81. The first-order valence-electron chi connectivity index (χ1n) is 5.31. The zero-order valence-electron chi connectivity index (χ0n) is 11.2. The van der Waals surface area contributed by atoms with Crippen LogP contribution in [0.4, 0.5) is 0 Å². The van der Waals surface area contributed by atoms with Crippen LogP contribution in [0.15, 0.2) is 48.5 Å². The smallest absolute Gasteiger partial charge is 0.0213 e. The summed E-state index contributed by atoms with van der Waals surface area (Å²) in [5.74, 6) is 0. The molecule has 2 aromatic carbocycles. The van der Waals surface area contributed by atoms with Crippen LogP contribution in [-0.2, 0) is 32.7 Å². The molecular weight excluding hydrogens is 321 g/mol. The summed E-state index contributed by atoms with van der Waals surface area (Å²) in [7, 11) is 0.750. The monoisotopic (exact) mass is 342 g/mol. The third kappa shape index (κ3) is 16.3. The van der Waals surface area contributed by atoms with E-state index < -0.39 is 0 Å². The number of rotatable bonds is 0. The second kappa shape index (κ2) is 16.3. The standard InChI is InChI=1S/2C6H7.C2H7Si.ClH.Y/c2*1-6-4-2-3-5-6;1-3-2;;/h2*2-5H,1H3;3H,1-2H3;1H;/q2*-1;;;. The minimum atomic E-state index is 0. The SMILES string of the molecule is C[SiH]C.Cc1cc[cH-]c1.Cc1cc[cH-]c1.Cl.[Y]. The fourth-order valence-corrected chi connectivity index (χ4v) is 0.940. The fourth-order valence-electron chi connectivity index (χ4n) is 0.940. The van der Waals surface area contributed by atoms with Gasteiger partial charge in [-0.3, -0.25) is 0 Å². The van der Waals surface area contributed by atoms with Crippen LogP contribution < -0.4 is 0 Å². The van der Waals surface area contributed by atoms with Gasteiger partial charge in [-0.05, 0) is 0 Å². The van der Waals surface area contributed by atoms with Crippen LogP contribution in [-0.4, -0.2) is 9.52 Å². The van der Waals surface area contributed by atoms with Gasteiger partial charge in [0, 0.05) is 42.2 Å². The molecule has 0 fully saturated rings. The van der Waals surface area contributed by atoms with Gasteiger partial charge in [-0.2, -0.15) is 36.4 Å². The first-order valence-corrected chi connectivity index (χ1v) is 7.62. The van der Waals surface area contributed by atoms with Crippen LogP contribution in [0.25, 0.3) is 0 Å². The zero-order valence-corrected chi connectivity index (χ0v) is 16.0. The molecule has 0 amide bonds. The second-order valence-corrected chi connectivity index (χ2v) is 4.66. The summed E-state index contributed by atoms with van der Waals surface area (Å²) in [4.78, 5) is 0. The van der Waals surface area contributed by atoms with Crippen molar-refractivity contribution in [1.29, 1.82) is 0 Å². The molecule has 0 N–H and O–H groups in total. The van der Waals surface area contributed by atoms with Gasteiger partial charge in [0.15, 0.2) is 0 Å². The van der Waals surface area contributed by atoms with Gasteiger partial charge in [0.05, 0.1) is 0 Å². The first kappa shape index (κ1) is 22.5. The van der Waals surface area contributed by atoms with Gasteiger partial charge in [0.2, 0.25) is 0 Å². The van der Waals surface area contributed by atoms with Crippen molar-refractivity contribution in [1.82, 2.24) is 0 Å². The Balaban J connectivity index is -0.000000173. The molecule has 17 heavy (non-hydrogen) atoms. The molecule has 0 unspecified atom stereocenters. The molecule has 0 aliphatic heterocycles. The van der Waals surface area contributed by atoms with Crippen LogP contribution in [0.3, 0.4) is 0 Å². The zero-order chi connectivity index (χ0) is 11.5. The quantitative estimate of drug-likeness (QED) is 0.493. The Labute approximate surface area is 140 Å². The van der Waals surface area contributed by atoms with Gasteiger partial charge in [-0.1, -0.05) is 26.9 Å². The van der Waals surface area contributed by atoms with Gasteiger partial charge in [-0.15, -0.1) is 12.4 Å². The molecule has 94 valence electrons. The Hall–Kier alpha value is 0.311. The van der Waals surface area contributed by atoms with Crippen LogP contribution in [0.2, 0.25) is 13.1 Å². The first-order chi connectivity index (χ1) is 7.20. The van der Waals surface area contributed by atoms with Gasteiger partial charge >= 0.3 is 0 Å². The number of aryl methyl sites for hydroxylation is 2. The third-order valence-electron chi connectivity index (χ3n) is 1.66. The summed E-state index contributed by atoms with van der Waals surface area (Å²) >= 11 is 0. The van der Waals surface area contributed by atoms with Gasteiger partial charge in [-0.25, -0.2) is 23.3 Å². The van der Waals surface area contributed by atoms with Crippen molar-refractivity contribution in [2.24, 2.45) is 0 Å². The maximum atomic E-state index is 2.21. The van der Waals surface area contributed by atoms with Crippen molar-refractivity contribution in [3.8, 4) is 0 Å². The Morgan fingerprint density at radius 2 is 1.18 bits per heavy atom. The van der Waals surface area contributed by atoms with E-state index >= 15 is 0 Å². The van der Waals surface area contributed by atoms with E-state index in [-0.39, 0.29) is 45.1 Å². The molecular formula is C14H22ClSiY-2. The maximum absolute atomic E-state index is 2.21. The molecule has 2 rings (SSSR count). The van der Waals surface area contributed by atoms with Gasteiger partial charge < -0.3 is 0 Å². The van der Waals surface area contributed by atoms with Crippen LogP contribution >= 0.6 is 12.4 Å². The van der Waals surface area contributed by atoms with Crippen LogP contribution in [0, 0.1) is 13.8 Å². The number of hydrogen-bond donors (Lipinski definition) is 0. The van der Waals surface area contributed by atoms with Crippen molar-refractivity contribution in [2.75, 3.05) is 0 Å². The molecule has 2 radical (unpaired) electrons. The third-order valence-corrected chi connectivity index (χ3v) is 1.66. The number of halogens is 1. The maximum Gasteiger partial charge on any atom is 0.0213 e. The molecule has 0 saturated carbocycles. The van der Waals surface area contributed by atoms with Crippen molar-refractivity contribution in [2.45, 2.75) is 26.9 Å². The molecule has 0 bridgehead atoms. The van der Waals surface area contributed by atoms with Crippen molar-refractivity contribution in [3.63, 3.8) is 0 Å². The van der Waals surface area contributed by atoms with E-state index in [1.807, 2.05) is 24.3 Å². The van der Waals surface area contributed by atoms with E-state index in [0.29, 0.717) is 0 Å².